The predicted octanol–water partition coefficient (Wildman–Crippen LogP) is 1.17. The van der Waals surface area contributed by atoms with E-state index in [1.807, 2.05) is 25.1 Å². The molecule has 0 aliphatic carbocycles. The molecule has 0 saturated heterocycles. The van der Waals surface area contributed by atoms with Crippen molar-refractivity contribution in [1.29, 1.82) is 0 Å². The van der Waals surface area contributed by atoms with E-state index < -0.39 is 11.9 Å². The Morgan fingerprint density at radius 2 is 2.12 bits per heavy atom. The lowest BCUT2D eigenvalue weighted by molar-refractivity contribution is -0.117. The van der Waals surface area contributed by atoms with Crippen molar-refractivity contribution < 1.29 is 14.7 Å². The van der Waals surface area contributed by atoms with E-state index in [1.54, 1.807) is 4.68 Å². The van der Waals surface area contributed by atoms with Gasteiger partial charge >= 0.3 is 5.97 Å². The number of aromatic nitrogens is 5. The van der Waals surface area contributed by atoms with Crippen molar-refractivity contribution in [3.8, 4) is 0 Å². The average molecular weight is 340 g/mol. The highest BCUT2D eigenvalue weighted by molar-refractivity contribution is 5.89. The largest absolute Gasteiger partial charge is 0.478 e. The first-order chi connectivity index (χ1) is 12.0. The van der Waals surface area contributed by atoms with Crippen molar-refractivity contribution in [3.05, 3.63) is 59.7 Å². The number of aromatic carboxylic acids is 1. The van der Waals surface area contributed by atoms with Gasteiger partial charge < -0.3 is 5.11 Å². The zero-order valence-electron chi connectivity index (χ0n) is 13.5. The van der Waals surface area contributed by atoms with Crippen LogP contribution in [0, 0.1) is 6.92 Å². The molecule has 2 N–H and O–H groups in total. The van der Waals surface area contributed by atoms with Gasteiger partial charge in [-0.25, -0.2) is 14.5 Å². The Hall–Kier alpha value is -3.49. The SMILES string of the molecule is Cc1cccc(Cn2cnc(NC(=O)Cn3cc(C(=O)O)cn3)n2)c1. The first-order valence-corrected chi connectivity index (χ1v) is 7.50. The zero-order chi connectivity index (χ0) is 17.8. The number of amides is 1. The zero-order valence-corrected chi connectivity index (χ0v) is 13.5. The normalized spacial score (nSPS) is 10.6. The highest BCUT2D eigenvalue weighted by atomic mass is 16.4. The maximum Gasteiger partial charge on any atom is 0.338 e. The van der Waals surface area contributed by atoms with Crippen LogP contribution in [0.1, 0.15) is 21.5 Å². The maximum atomic E-state index is 12.0. The van der Waals surface area contributed by atoms with Crippen LogP contribution in [0.5, 0.6) is 0 Å². The minimum Gasteiger partial charge on any atom is -0.478 e. The van der Waals surface area contributed by atoms with Crippen LogP contribution in [-0.2, 0) is 17.9 Å². The fourth-order valence-electron chi connectivity index (χ4n) is 2.30. The molecular weight excluding hydrogens is 324 g/mol. The number of hydrogen-bond acceptors (Lipinski definition) is 5. The Morgan fingerprint density at radius 1 is 1.28 bits per heavy atom. The van der Waals surface area contributed by atoms with Crippen LogP contribution in [0.2, 0.25) is 0 Å². The summed E-state index contributed by atoms with van der Waals surface area (Å²) in [6.45, 7) is 2.44. The van der Waals surface area contributed by atoms with Crippen molar-refractivity contribution >= 4 is 17.8 Å². The Morgan fingerprint density at radius 3 is 2.84 bits per heavy atom. The summed E-state index contributed by atoms with van der Waals surface area (Å²) in [5.74, 6) is -1.31. The number of anilines is 1. The molecule has 3 aromatic rings. The summed E-state index contributed by atoms with van der Waals surface area (Å²) in [5, 5.41) is 19.4. The summed E-state index contributed by atoms with van der Waals surface area (Å²) in [4.78, 5) is 26.8. The van der Waals surface area contributed by atoms with E-state index in [-0.39, 0.29) is 18.1 Å². The molecule has 1 aromatic carbocycles. The van der Waals surface area contributed by atoms with Gasteiger partial charge in [-0.1, -0.05) is 29.8 Å². The van der Waals surface area contributed by atoms with Gasteiger partial charge in [-0.2, -0.15) is 5.10 Å². The molecule has 2 aromatic heterocycles. The van der Waals surface area contributed by atoms with E-state index in [0.29, 0.717) is 6.54 Å². The van der Waals surface area contributed by atoms with Gasteiger partial charge in [0.25, 0.3) is 0 Å². The van der Waals surface area contributed by atoms with Gasteiger partial charge in [0.05, 0.1) is 18.3 Å². The average Bonchev–Trinajstić information content (AvgIpc) is 3.17. The highest BCUT2D eigenvalue weighted by Gasteiger charge is 2.11. The molecule has 2 heterocycles. The summed E-state index contributed by atoms with van der Waals surface area (Å²) < 4.78 is 2.86. The monoisotopic (exact) mass is 340 g/mol. The second-order valence-electron chi connectivity index (χ2n) is 5.53. The second-order valence-corrected chi connectivity index (χ2v) is 5.53. The molecule has 9 nitrogen and oxygen atoms in total. The number of nitrogens with zero attached hydrogens (tertiary/aromatic N) is 5. The minimum atomic E-state index is -1.09. The van der Waals surface area contributed by atoms with Crippen LogP contribution in [0.15, 0.2) is 43.0 Å². The number of carboxylic acids is 1. The summed E-state index contributed by atoms with van der Waals surface area (Å²) >= 11 is 0. The number of rotatable bonds is 6. The Balaban J connectivity index is 1.58. The van der Waals surface area contributed by atoms with Crippen LogP contribution in [0.4, 0.5) is 5.95 Å². The van der Waals surface area contributed by atoms with Gasteiger partial charge in [0.15, 0.2) is 0 Å². The van der Waals surface area contributed by atoms with E-state index >= 15 is 0 Å². The number of aryl methyl sites for hydroxylation is 1. The van der Waals surface area contributed by atoms with Crippen LogP contribution in [0.25, 0.3) is 0 Å². The number of carbonyl (C=O) groups excluding carboxylic acids is 1. The van der Waals surface area contributed by atoms with Gasteiger partial charge in [0, 0.05) is 6.20 Å². The van der Waals surface area contributed by atoms with E-state index in [0.717, 1.165) is 11.1 Å². The van der Waals surface area contributed by atoms with E-state index in [9.17, 15) is 9.59 Å². The first-order valence-electron chi connectivity index (χ1n) is 7.50. The lowest BCUT2D eigenvalue weighted by atomic mass is 10.1. The first kappa shape index (κ1) is 16.4. The van der Waals surface area contributed by atoms with Crippen molar-refractivity contribution in [3.63, 3.8) is 0 Å². The fourth-order valence-corrected chi connectivity index (χ4v) is 2.30. The number of hydrogen-bond donors (Lipinski definition) is 2. The summed E-state index contributed by atoms with van der Waals surface area (Å²) in [6.07, 6.45) is 4.00. The highest BCUT2D eigenvalue weighted by Crippen LogP contribution is 2.07. The minimum absolute atomic E-state index is 0.0216. The van der Waals surface area contributed by atoms with Gasteiger partial charge in [-0.05, 0) is 12.5 Å². The molecule has 0 unspecified atom stereocenters. The topological polar surface area (TPSA) is 115 Å². The molecular formula is C16H16N6O3. The molecule has 0 atom stereocenters. The van der Waals surface area contributed by atoms with Crippen LogP contribution in [-0.4, -0.2) is 41.5 Å². The quantitative estimate of drug-likeness (QED) is 0.696. The Labute approximate surface area is 142 Å². The van der Waals surface area contributed by atoms with Gasteiger partial charge in [0.2, 0.25) is 11.9 Å². The van der Waals surface area contributed by atoms with Crippen LogP contribution >= 0.6 is 0 Å². The summed E-state index contributed by atoms with van der Waals surface area (Å²) in [7, 11) is 0. The summed E-state index contributed by atoms with van der Waals surface area (Å²) in [6, 6.07) is 8.03. The molecule has 0 radical (unpaired) electrons. The molecule has 9 heteroatoms. The second kappa shape index (κ2) is 6.95. The number of nitrogens with one attached hydrogen (secondary N) is 1. The molecule has 3 rings (SSSR count). The van der Waals surface area contributed by atoms with Gasteiger partial charge in [-0.15, -0.1) is 5.10 Å². The number of carboxylic acid groups (broad SMARTS) is 1. The fraction of sp³-hybridized carbons (Fsp3) is 0.188. The van der Waals surface area contributed by atoms with Crippen molar-refractivity contribution in [1.82, 2.24) is 24.5 Å². The molecule has 0 aliphatic rings. The molecule has 0 saturated carbocycles. The summed E-state index contributed by atoms with van der Waals surface area (Å²) in [5.41, 5.74) is 2.26. The van der Waals surface area contributed by atoms with Gasteiger partial charge in [-0.3, -0.25) is 14.8 Å². The van der Waals surface area contributed by atoms with Crippen molar-refractivity contribution in [2.24, 2.45) is 0 Å². The third-order valence-electron chi connectivity index (χ3n) is 3.40. The smallest absolute Gasteiger partial charge is 0.338 e. The van der Waals surface area contributed by atoms with E-state index in [4.69, 9.17) is 5.11 Å². The number of carbonyl (C=O) groups is 2. The molecule has 0 bridgehead atoms. The van der Waals surface area contributed by atoms with E-state index in [2.05, 4.69) is 26.6 Å². The van der Waals surface area contributed by atoms with Crippen molar-refractivity contribution in [2.45, 2.75) is 20.0 Å². The molecule has 0 aliphatic heterocycles. The van der Waals surface area contributed by atoms with Crippen LogP contribution < -0.4 is 5.32 Å². The Kier molecular flexibility index (Phi) is 4.55. The molecule has 1 amide bonds. The number of benzene rings is 1. The lowest BCUT2D eigenvalue weighted by Gasteiger charge is -2.03. The molecule has 128 valence electrons. The molecule has 0 spiro atoms. The standard InChI is InChI=1S/C16H16N6O3/c1-11-3-2-4-12(5-11)7-22-10-17-16(20-22)19-14(23)9-21-8-13(6-18-21)15(24)25/h2-6,8,10H,7,9H2,1H3,(H,24,25)(H,19,20,23). The Bertz CT molecular complexity index is 914. The van der Waals surface area contributed by atoms with E-state index in [1.165, 1.54) is 23.4 Å². The molecule has 0 fully saturated rings. The van der Waals surface area contributed by atoms with Gasteiger partial charge in [0.1, 0.15) is 12.9 Å². The van der Waals surface area contributed by atoms with Crippen LogP contribution in [0.3, 0.4) is 0 Å². The molecule has 25 heavy (non-hydrogen) atoms. The third kappa shape index (κ3) is 4.28. The maximum absolute atomic E-state index is 12.0. The predicted molar refractivity (Wildman–Crippen MR) is 88.1 cm³/mol. The third-order valence-corrected chi connectivity index (χ3v) is 3.40. The lowest BCUT2D eigenvalue weighted by Crippen LogP contribution is -2.20. The van der Waals surface area contributed by atoms with Crippen molar-refractivity contribution in [2.75, 3.05) is 5.32 Å².